The lowest BCUT2D eigenvalue weighted by atomic mass is 9.99. The zero-order valence-electron chi connectivity index (χ0n) is 40.3. The number of hydrogen-bond donors (Lipinski definition) is 4. The van der Waals surface area contributed by atoms with Gasteiger partial charge in [-0.3, -0.25) is 9.59 Å². The van der Waals surface area contributed by atoms with Gasteiger partial charge in [0.1, 0.15) is 31.0 Å². The summed E-state index contributed by atoms with van der Waals surface area (Å²) in [7, 11) is 0. The molecule has 0 saturated carbocycles. The molecule has 4 N–H and O–H groups in total. The van der Waals surface area contributed by atoms with Gasteiger partial charge in [-0.1, -0.05) is 185 Å². The number of allylic oxidation sites excluding steroid dienone is 6. The normalized spacial score (nSPS) is 19.7. The molecule has 0 aliphatic carbocycles. The zero-order valence-corrected chi connectivity index (χ0v) is 40.3. The van der Waals surface area contributed by atoms with Gasteiger partial charge in [-0.05, 0) is 70.6 Å². The molecule has 0 radical (unpaired) electrons. The van der Waals surface area contributed by atoms with Gasteiger partial charge in [-0.15, -0.1) is 0 Å². The molecule has 0 aromatic heterocycles. The van der Waals surface area contributed by atoms with E-state index >= 15 is 0 Å². The van der Waals surface area contributed by atoms with Crippen LogP contribution in [0.4, 0.5) is 0 Å². The molecule has 0 aromatic rings. The fourth-order valence-corrected chi connectivity index (χ4v) is 7.85. The molecular weight excluding hydrogens is 797 g/mol. The summed E-state index contributed by atoms with van der Waals surface area (Å²) in [6.07, 6.45) is 44.5. The highest BCUT2D eigenvalue weighted by Gasteiger charge is 2.44. The lowest BCUT2D eigenvalue weighted by Gasteiger charge is -2.39. The van der Waals surface area contributed by atoms with E-state index in [1.165, 1.54) is 141 Å². The van der Waals surface area contributed by atoms with E-state index < -0.39 is 49.4 Å². The van der Waals surface area contributed by atoms with Gasteiger partial charge >= 0.3 is 11.9 Å². The van der Waals surface area contributed by atoms with E-state index in [4.69, 9.17) is 18.9 Å². The van der Waals surface area contributed by atoms with Gasteiger partial charge in [0.25, 0.3) is 0 Å². The summed E-state index contributed by atoms with van der Waals surface area (Å²) in [4.78, 5) is 25.4. The highest BCUT2D eigenvalue weighted by Crippen LogP contribution is 2.23. The van der Waals surface area contributed by atoms with Crippen molar-refractivity contribution in [2.75, 3.05) is 19.8 Å². The van der Waals surface area contributed by atoms with Crippen molar-refractivity contribution in [2.45, 2.75) is 269 Å². The van der Waals surface area contributed by atoms with Crippen molar-refractivity contribution >= 4 is 11.9 Å². The van der Waals surface area contributed by atoms with Crippen LogP contribution in [0, 0.1) is 0 Å². The van der Waals surface area contributed by atoms with Gasteiger partial charge in [0.05, 0.1) is 13.2 Å². The lowest BCUT2D eigenvalue weighted by Crippen LogP contribution is -2.59. The molecule has 1 fully saturated rings. The summed E-state index contributed by atoms with van der Waals surface area (Å²) in [6, 6.07) is 0. The molecule has 1 saturated heterocycles. The fourth-order valence-electron chi connectivity index (χ4n) is 7.85. The minimum atomic E-state index is -1.60. The van der Waals surface area contributed by atoms with Gasteiger partial charge in [0.15, 0.2) is 12.4 Å². The Hall–Kier alpha value is -2.08. The largest absolute Gasteiger partial charge is 0.462 e. The Morgan fingerprint density at radius 3 is 1.35 bits per heavy atom. The molecule has 63 heavy (non-hydrogen) atoms. The SMILES string of the molecule is CCCCCC/C=C/CCCCCCCCCC(=O)OC[C@H](CO[C@@H]1O[C@H](CO)[C@H](O)C(O)C1O)OC(=O)CCC/C=C/CC/C=C/CCCCCCCCCCCCCCCC. The van der Waals surface area contributed by atoms with E-state index in [9.17, 15) is 30.0 Å². The molecular formula is C53H96O10. The Bertz CT molecular complexity index is 1120. The second-order valence-electron chi connectivity index (χ2n) is 18.0. The summed E-state index contributed by atoms with van der Waals surface area (Å²) in [5, 5.41) is 40.2. The molecule has 0 amide bonds. The number of carbonyl (C=O) groups excluding carboxylic acids is 2. The van der Waals surface area contributed by atoms with Crippen molar-refractivity contribution in [1.82, 2.24) is 0 Å². The number of unbranched alkanes of at least 4 members (excludes halogenated alkanes) is 27. The first-order chi connectivity index (χ1) is 30.8. The number of carbonyl (C=O) groups is 2. The number of hydrogen-bond acceptors (Lipinski definition) is 10. The van der Waals surface area contributed by atoms with E-state index in [2.05, 4.69) is 50.3 Å². The second-order valence-corrected chi connectivity index (χ2v) is 18.0. The standard InChI is InChI=1S/C53H96O10/c1-3-5-7-9-11-13-15-17-19-20-21-22-23-24-25-26-28-30-32-34-36-38-40-42-49(56)62-46(45-61-53-52(59)51(58)50(57)47(43-54)63-53)44-60-48(55)41-39-37-35-33-31-29-27-18-16-14-12-10-8-6-4-2/h14,16,26,28,34,36,46-47,50-54,57-59H,3-13,15,17-25,27,29-33,35,37-45H2,1-2H3/b16-14+,28-26+,36-34+/t46-,47-,50+,51?,52?,53-/m1/s1. The maximum absolute atomic E-state index is 12.8. The average Bonchev–Trinajstić information content (AvgIpc) is 3.28. The third kappa shape index (κ3) is 34.9. The van der Waals surface area contributed by atoms with E-state index in [1.807, 2.05) is 0 Å². The Kier molecular flexibility index (Phi) is 41.0. The quantitative estimate of drug-likeness (QED) is 0.0264. The Labute approximate surface area is 385 Å². The van der Waals surface area contributed by atoms with Gasteiger partial charge in [-0.25, -0.2) is 0 Å². The minimum Gasteiger partial charge on any atom is -0.462 e. The van der Waals surface area contributed by atoms with Crippen LogP contribution in [-0.2, 0) is 28.5 Å². The molecule has 10 nitrogen and oxygen atoms in total. The monoisotopic (exact) mass is 893 g/mol. The van der Waals surface area contributed by atoms with Crippen molar-refractivity contribution < 1.29 is 49.0 Å². The predicted molar refractivity (Wildman–Crippen MR) is 256 cm³/mol. The number of aliphatic hydroxyl groups excluding tert-OH is 4. The van der Waals surface area contributed by atoms with Crippen LogP contribution in [0.15, 0.2) is 36.5 Å². The molecule has 1 aliphatic rings. The highest BCUT2D eigenvalue weighted by atomic mass is 16.7. The summed E-state index contributed by atoms with van der Waals surface area (Å²) >= 11 is 0. The third-order valence-corrected chi connectivity index (χ3v) is 12.0. The van der Waals surface area contributed by atoms with Gasteiger partial charge in [0.2, 0.25) is 0 Å². The van der Waals surface area contributed by atoms with E-state index in [0.29, 0.717) is 6.42 Å². The van der Waals surface area contributed by atoms with Crippen LogP contribution in [0.5, 0.6) is 0 Å². The molecule has 0 bridgehead atoms. The molecule has 2 unspecified atom stereocenters. The maximum atomic E-state index is 12.8. The number of rotatable bonds is 44. The van der Waals surface area contributed by atoms with Crippen LogP contribution in [0.2, 0.25) is 0 Å². The van der Waals surface area contributed by atoms with Crippen LogP contribution in [-0.4, -0.2) is 89.0 Å². The molecule has 368 valence electrons. The van der Waals surface area contributed by atoms with Crippen molar-refractivity contribution in [2.24, 2.45) is 0 Å². The highest BCUT2D eigenvalue weighted by molar-refractivity contribution is 5.70. The van der Waals surface area contributed by atoms with Gasteiger partial charge in [-0.2, -0.15) is 0 Å². The summed E-state index contributed by atoms with van der Waals surface area (Å²) < 4.78 is 22.2. The Morgan fingerprint density at radius 2 is 0.873 bits per heavy atom. The van der Waals surface area contributed by atoms with Gasteiger partial charge in [0, 0.05) is 12.8 Å². The van der Waals surface area contributed by atoms with E-state index in [1.54, 1.807) is 0 Å². The topological polar surface area (TPSA) is 152 Å². The maximum Gasteiger partial charge on any atom is 0.306 e. The van der Waals surface area contributed by atoms with Crippen LogP contribution in [0.3, 0.4) is 0 Å². The summed E-state index contributed by atoms with van der Waals surface area (Å²) in [5.41, 5.74) is 0. The van der Waals surface area contributed by atoms with Crippen molar-refractivity contribution in [3.05, 3.63) is 36.5 Å². The van der Waals surface area contributed by atoms with Crippen LogP contribution < -0.4 is 0 Å². The van der Waals surface area contributed by atoms with Crippen LogP contribution >= 0.6 is 0 Å². The summed E-state index contributed by atoms with van der Waals surface area (Å²) in [5.74, 6) is -0.855. The summed E-state index contributed by atoms with van der Waals surface area (Å²) in [6.45, 7) is 3.40. The second kappa shape index (κ2) is 43.8. The molecule has 0 spiro atoms. The fraction of sp³-hybridized carbons (Fsp3) is 0.849. The van der Waals surface area contributed by atoms with Crippen LogP contribution in [0.25, 0.3) is 0 Å². The zero-order chi connectivity index (χ0) is 45.9. The predicted octanol–water partition coefficient (Wildman–Crippen LogP) is 12.2. The number of aliphatic hydroxyl groups is 4. The first-order valence-corrected chi connectivity index (χ1v) is 26.1. The molecule has 1 aliphatic heterocycles. The van der Waals surface area contributed by atoms with Crippen LogP contribution in [0.1, 0.15) is 232 Å². The minimum absolute atomic E-state index is 0.170. The Balaban J connectivity index is 2.27. The molecule has 0 aromatic carbocycles. The van der Waals surface area contributed by atoms with Crippen molar-refractivity contribution in [3.8, 4) is 0 Å². The van der Waals surface area contributed by atoms with Crippen molar-refractivity contribution in [3.63, 3.8) is 0 Å². The number of ether oxygens (including phenoxy) is 4. The lowest BCUT2D eigenvalue weighted by molar-refractivity contribution is -0.305. The third-order valence-electron chi connectivity index (χ3n) is 12.0. The molecule has 1 rings (SSSR count). The first kappa shape index (κ1) is 58.9. The van der Waals surface area contributed by atoms with E-state index in [0.717, 1.165) is 57.8 Å². The average molecular weight is 893 g/mol. The number of esters is 2. The van der Waals surface area contributed by atoms with Gasteiger partial charge < -0.3 is 39.4 Å². The first-order valence-electron chi connectivity index (χ1n) is 26.1. The molecule has 1 heterocycles. The molecule has 6 atom stereocenters. The van der Waals surface area contributed by atoms with Crippen molar-refractivity contribution in [1.29, 1.82) is 0 Å². The molecule has 10 heteroatoms. The van der Waals surface area contributed by atoms with E-state index in [-0.39, 0.29) is 32.0 Å². The smallest absolute Gasteiger partial charge is 0.306 e. The Morgan fingerprint density at radius 1 is 0.476 bits per heavy atom.